The second-order valence-corrected chi connectivity index (χ2v) is 7.41. The van der Waals surface area contributed by atoms with Crippen molar-refractivity contribution >= 4 is 29.2 Å². The molecule has 8 heteroatoms. The summed E-state index contributed by atoms with van der Waals surface area (Å²) in [6, 6.07) is 10.2. The summed E-state index contributed by atoms with van der Waals surface area (Å²) in [5.41, 5.74) is 3.21. The fourth-order valence-electron chi connectivity index (χ4n) is 3.32. The molecule has 3 aromatic rings. The topological polar surface area (TPSA) is 66.6 Å². The minimum atomic E-state index is -0.494. The highest BCUT2D eigenvalue weighted by atomic mass is 35.5. The average molecular weight is 385 g/mol. The molecule has 0 N–H and O–H groups in total. The molecule has 0 unspecified atom stereocenters. The van der Waals surface area contributed by atoms with Crippen LogP contribution < -0.4 is 4.90 Å². The van der Waals surface area contributed by atoms with Gasteiger partial charge in [-0.1, -0.05) is 23.8 Å². The minimum absolute atomic E-state index is 0.0253. The van der Waals surface area contributed by atoms with Crippen LogP contribution in [-0.2, 0) is 4.79 Å². The Hall–Kier alpha value is -2.67. The third kappa shape index (κ3) is 3.47. The van der Waals surface area contributed by atoms with Crippen LogP contribution in [0, 0.1) is 6.92 Å². The van der Waals surface area contributed by atoms with Crippen LogP contribution in [0.25, 0.3) is 17.0 Å². The Bertz CT molecular complexity index is 977. The number of halogens is 1. The average Bonchev–Trinajstić information content (AvgIpc) is 3.11. The van der Waals surface area contributed by atoms with E-state index in [2.05, 4.69) is 45.1 Å². The molecule has 4 rings (SSSR count). The lowest BCUT2D eigenvalue weighted by Crippen LogP contribution is -2.50. The van der Waals surface area contributed by atoms with Crippen molar-refractivity contribution in [2.75, 3.05) is 31.1 Å². The van der Waals surface area contributed by atoms with Gasteiger partial charge in [-0.15, -0.1) is 16.7 Å². The smallest absolute Gasteiger partial charge is 0.254 e. The van der Waals surface area contributed by atoms with E-state index in [0.29, 0.717) is 37.9 Å². The summed E-state index contributed by atoms with van der Waals surface area (Å²) in [6.45, 7) is 6.35. The minimum Gasteiger partial charge on any atom is -0.338 e. The highest BCUT2D eigenvalue weighted by Crippen LogP contribution is 2.22. The predicted octanol–water partition coefficient (Wildman–Crippen LogP) is 2.38. The van der Waals surface area contributed by atoms with Crippen LogP contribution in [0.5, 0.6) is 0 Å². The number of aromatic nitrogens is 4. The lowest BCUT2D eigenvalue weighted by molar-refractivity contribution is -0.130. The molecular weight excluding hydrogens is 364 g/mol. The summed E-state index contributed by atoms with van der Waals surface area (Å²) >= 11 is 5.91. The Morgan fingerprint density at radius 3 is 2.67 bits per heavy atom. The Kier molecular flexibility index (Phi) is 4.70. The summed E-state index contributed by atoms with van der Waals surface area (Å²) in [7, 11) is 0. The lowest BCUT2D eigenvalue weighted by Gasteiger charge is -2.34. The number of anilines is 1. The second-order valence-electron chi connectivity index (χ2n) is 6.75. The van der Waals surface area contributed by atoms with E-state index in [9.17, 15) is 4.79 Å². The summed E-state index contributed by atoms with van der Waals surface area (Å²) in [5.74, 6) is 1.17. The molecule has 2 aromatic heterocycles. The third-order valence-electron chi connectivity index (χ3n) is 4.76. The Balaban J connectivity index is 1.60. The molecule has 1 aromatic carbocycles. The van der Waals surface area contributed by atoms with Crippen LogP contribution >= 0.6 is 11.6 Å². The number of nitrogens with zero attached hydrogens (tertiary/aromatic N) is 6. The molecule has 7 nitrogen and oxygen atoms in total. The predicted molar refractivity (Wildman–Crippen MR) is 105 cm³/mol. The third-order valence-corrected chi connectivity index (χ3v) is 4.94. The molecule has 0 spiro atoms. The molecule has 0 aliphatic carbocycles. The normalized spacial score (nSPS) is 16.0. The van der Waals surface area contributed by atoms with Crippen LogP contribution in [-0.4, -0.2) is 61.9 Å². The van der Waals surface area contributed by atoms with Gasteiger partial charge >= 0.3 is 0 Å². The van der Waals surface area contributed by atoms with E-state index < -0.39 is 5.38 Å². The van der Waals surface area contributed by atoms with E-state index in [4.69, 9.17) is 11.6 Å². The van der Waals surface area contributed by atoms with Gasteiger partial charge in [-0.2, -0.15) is 9.50 Å². The van der Waals surface area contributed by atoms with Gasteiger partial charge in [0.15, 0.2) is 0 Å². The number of aryl methyl sites for hydroxylation is 1. The second kappa shape index (κ2) is 7.15. The summed E-state index contributed by atoms with van der Waals surface area (Å²) < 4.78 is 1.78. The van der Waals surface area contributed by atoms with Gasteiger partial charge in [0, 0.05) is 37.9 Å². The Morgan fingerprint density at radius 1 is 1.19 bits per heavy atom. The first-order valence-corrected chi connectivity index (χ1v) is 9.43. The van der Waals surface area contributed by atoms with Crippen molar-refractivity contribution in [3.8, 4) is 11.3 Å². The molecule has 1 saturated heterocycles. The lowest BCUT2D eigenvalue weighted by atomic mass is 10.1. The van der Waals surface area contributed by atoms with Crippen LogP contribution in [0.4, 0.5) is 5.95 Å². The first kappa shape index (κ1) is 17.7. The summed E-state index contributed by atoms with van der Waals surface area (Å²) in [6.07, 6.45) is 1.75. The number of amides is 1. The number of fused-ring (bicyclic) bond motifs is 1. The zero-order valence-corrected chi connectivity index (χ0v) is 16.1. The fraction of sp³-hybridized carbons (Fsp3) is 0.368. The molecule has 1 aliphatic heterocycles. The molecule has 140 valence electrons. The zero-order chi connectivity index (χ0) is 19.0. The summed E-state index contributed by atoms with van der Waals surface area (Å²) in [5, 5.41) is 4.19. The van der Waals surface area contributed by atoms with E-state index in [1.54, 1.807) is 22.5 Å². The van der Waals surface area contributed by atoms with E-state index in [1.807, 2.05) is 12.1 Å². The summed E-state index contributed by atoms with van der Waals surface area (Å²) in [4.78, 5) is 24.9. The van der Waals surface area contributed by atoms with Crippen LogP contribution in [0.3, 0.4) is 0 Å². The number of carbonyl (C=O) groups excluding carboxylic acids is 1. The van der Waals surface area contributed by atoms with Crippen LogP contribution in [0.1, 0.15) is 12.5 Å². The van der Waals surface area contributed by atoms with Crippen molar-refractivity contribution in [3.63, 3.8) is 0 Å². The maximum absolute atomic E-state index is 12.0. The molecule has 0 radical (unpaired) electrons. The molecule has 27 heavy (non-hydrogen) atoms. The van der Waals surface area contributed by atoms with Crippen molar-refractivity contribution in [1.82, 2.24) is 24.5 Å². The van der Waals surface area contributed by atoms with Crippen LogP contribution in [0.15, 0.2) is 36.5 Å². The molecule has 1 atom stereocenters. The van der Waals surface area contributed by atoms with Crippen molar-refractivity contribution in [1.29, 1.82) is 0 Å². The number of carbonyl (C=O) groups is 1. The largest absolute Gasteiger partial charge is 0.338 e. The van der Waals surface area contributed by atoms with E-state index >= 15 is 0 Å². The van der Waals surface area contributed by atoms with Gasteiger partial charge < -0.3 is 9.80 Å². The maximum Gasteiger partial charge on any atom is 0.254 e. The van der Waals surface area contributed by atoms with Gasteiger partial charge in [0.2, 0.25) is 11.9 Å². The first-order chi connectivity index (χ1) is 13.0. The SMILES string of the molecule is Cc1cccc(-c2ccnc3nc(N4CCN(C(=O)[C@H](C)Cl)CC4)nn23)c1. The fourth-order valence-corrected chi connectivity index (χ4v) is 3.46. The van der Waals surface area contributed by atoms with Gasteiger partial charge in [-0.05, 0) is 26.0 Å². The number of hydrogen-bond acceptors (Lipinski definition) is 5. The molecule has 1 amide bonds. The molecule has 3 heterocycles. The highest BCUT2D eigenvalue weighted by Gasteiger charge is 2.26. The molecule has 1 fully saturated rings. The number of piperazine rings is 1. The number of hydrogen-bond donors (Lipinski definition) is 0. The number of rotatable bonds is 3. The highest BCUT2D eigenvalue weighted by molar-refractivity contribution is 6.30. The van der Waals surface area contributed by atoms with Crippen molar-refractivity contribution in [2.45, 2.75) is 19.2 Å². The monoisotopic (exact) mass is 384 g/mol. The molecule has 0 bridgehead atoms. The van der Waals surface area contributed by atoms with Crippen LogP contribution in [0.2, 0.25) is 0 Å². The number of benzene rings is 1. The van der Waals surface area contributed by atoms with Crippen molar-refractivity contribution < 1.29 is 4.79 Å². The van der Waals surface area contributed by atoms with Crippen molar-refractivity contribution in [3.05, 3.63) is 42.1 Å². The van der Waals surface area contributed by atoms with Gasteiger partial charge in [0.1, 0.15) is 5.38 Å². The van der Waals surface area contributed by atoms with Gasteiger partial charge in [-0.25, -0.2) is 4.98 Å². The molecule has 0 saturated carbocycles. The van der Waals surface area contributed by atoms with Crippen molar-refractivity contribution in [2.24, 2.45) is 0 Å². The number of alkyl halides is 1. The van der Waals surface area contributed by atoms with Gasteiger partial charge in [-0.3, -0.25) is 4.79 Å². The first-order valence-electron chi connectivity index (χ1n) is 8.99. The van der Waals surface area contributed by atoms with E-state index in [1.165, 1.54) is 5.56 Å². The quantitative estimate of drug-likeness (QED) is 0.648. The zero-order valence-electron chi connectivity index (χ0n) is 15.3. The van der Waals surface area contributed by atoms with Gasteiger partial charge in [0.05, 0.1) is 5.69 Å². The van der Waals surface area contributed by atoms with Gasteiger partial charge in [0.25, 0.3) is 5.78 Å². The van der Waals surface area contributed by atoms with E-state index in [0.717, 1.165) is 11.3 Å². The Labute approximate surface area is 162 Å². The van der Waals surface area contributed by atoms with E-state index in [-0.39, 0.29) is 5.91 Å². The molecule has 1 aliphatic rings. The standard InChI is InChI=1S/C19H21ClN6O/c1-13-4-3-5-15(12-13)16-6-7-21-18-22-19(23-26(16)18)25-10-8-24(9-11-25)17(27)14(2)20/h3-7,12,14H,8-11H2,1-2H3/t14-/m0/s1. The molecular formula is C19H21ClN6O. The Morgan fingerprint density at radius 2 is 1.96 bits per heavy atom. The maximum atomic E-state index is 12.0.